The van der Waals surface area contributed by atoms with Gasteiger partial charge in [-0.25, -0.2) is 14.5 Å². The van der Waals surface area contributed by atoms with E-state index in [1.165, 1.54) is 11.9 Å². The largest absolute Gasteiger partial charge is 0.348 e. The number of anilines is 2. The Labute approximate surface area is 207 Å². The number of carbonyl (C=O) groups excluding carboxylic acids is 1. The van der Waals surface area contributed by atoms with E-state index in [0.29, 0.717) is 17.0 Å². The number of nitrogens with zero attached hydrogens (tertiary/aromatic N) is 6. The Kier molecular flexibility index (Phi) is 5.84. The molecular weight excluding hydrogens is 454 g/mol. The van der Waals surface area contributed by atoms with Crippen molar-refractivity contribution in [1.29, 1.82) is 0 Å². The number of nitrogens with one attached hydrogen (secondary N) is 3. The fourth-order valence-electron chi connectivity index (χ4n) is 4.54. The van der Waals surface area contributed by atoms with Crippen molar-refractivity contribution in [2.45, 2.75) is 19.0 Å². The van der Waals surface area contributed by atoms with Gasteiger partial charge in [0.1, 0.15) is 6.33 Å². The monoisotopic (exact) mass is 479 g/mol. The SMILES string of the molecule is O=C(NC1CCN(Cc2ccccc2)C1)c1ccc(Nc2ncc(-c3cn[nH]c3)n3ncnc23)cc1. The third-order valence-corrected chi connectivity index (χ3v) is 6.36. The lowest BCUT2D eigenvalue weighted by Gasteiger charge is -2.17. The van der Waals surface area contributed by atoms with Gasteiger partial charge in [-0.1, -0.05) is 30.3 Å². The molecule has 0 saturated carbocycles. The quantitative estimate of drug-likeness (QED) is 0.328. The predicted octanol–water partition coefficient (Wildman–Crippen LogP) is 3.26. The molecule has 0 aliphatic carbocycles. The van der Waals surface area contributed by atoms with Crippen LogP contribution in [0, 0.1) is 0 Å². The summed E-state index contributed by atoms with van der Waals surface area (Å²) in [4.78, 5) is 24.1. The van der Waals surface area contributed by atoms with Crippen molar-refractivity contribution >= 4 is 23.1 Å². The first-order chi connectivity index (χ1) is 17.7. The standard InChI is InChI=1S/C26H25N9O/c36-26(33-22-10-11-34(16-22)15-18-4-2-1-3-5-18)19-6-8-21(9-7-19)32-24-25-28-17-31-35(25)23(14-27-24)20-12-29-30-13-20/h1-9,12-14,17,22H,10-11,15-16H2,(H,27,32)(H,29,30)(H,33,36). The summed E-state index contributed by atoms with van der Waals surface area (Å²) in [6, 6.07) is 17.9. The van der Waals surface area contributed by atoms with Crippen LogP contribution in [0.3, 0.4) is 0 Å². The third-order valence-electron chi connectivity index (χ3n) is 6.36. The first-order valence-corrected chi connectivity index (χ1v) is 11.8. The maximum absolute atomic E-state index is 12.8. The molecule has 1 saturated heterocycles. The Bertz CT molecular complexity index is 1460. The van der Waals surface area contributed by atoms with Gasteiger partial charge >= 0.3 is 0 Å². The molecule has 6 rings (SSSR count). The molecule has 1 amide bonds. The van der Waals surface area contributed by atoms with Gasteiger partial charge in [0, 0.05) is 48.7 Å². The molecule has 2 aromatic carbocycles. The number of carbonyl (C=O) groups is 1. The van der Waals surface area contributed by atoms with Crippen LogP contribution in [0.2, 0.25) is 0 Å². The summed E-state index contributed by atoms with van der Waals surface area (Å²) in [5.74, 6) is 0.511. The minimum absolute atomic E-state index is 0.0597. The molecule has 0 bridgehead atoms. The summed E-state index contributed by atoms with van der Waals surface area (Å²) in [5, 5.41) is 17.6. The van der Waals surface area contributed by atoms with Crippen molar-refractivity contribution in [3.05, 3.63) is 90.6 Å². The number of likely N-dealkylation sites (tertiary alicyclic amines) is 1. The Balaban J connectivity index is 1.09. The van der Waals surface area contributed by atoms with Crippen LogP contribution in [0.4, 0.5) is 11.5 Å². The van der Waals surface area contributed by atoms with E-state index in [1.54, 1.807) is 23.1 Å². The van der Waals surface area contributed by atoms with E-state index in [1.807, 2.05) is 30.3 Å². The molecule has 1 aliphatic rings. The van der Waals surface area contributed by atoms with E-state index >= 15 is 0 Å². The Morgan fingerprint density at radius 2 is 1.92 bits per heavy atom. The maximum atomic E-state index is 12.8. The Hall–Kier alpha value is -4.57. The van der Waals surface area contributed by atoms with E-state index in [0.717, 1.165) is 43.0 Å². The van der Waals surface area contributed by atoms with Crippen LogP contribution < -0.4 is 10.6 Å². The van der Waals surface area contributed by atoms with E-state index in [4.69, 9.17) is 0 Å². The van der Waals surface area contributed by atoms with Crippen molar-refractivity contribution in [2.24, 2.45) is 0 Å². The van der Waals surface area contributed by atoms with E-state index < -0.39 is 0 Å². The fourth-order valence-corrected chi connectivity index (χ4v) is 4.54. The summed E-state index contributed by atoms with van der Waals surface area (Å²) < 4.78 is 1.71. The van der Waals surface area contributed by atoms with Crippen molar-refractivity contribution in [1.82, 2.24) is 40.0 Å². The summed E-state index contributed by atoms with van der Waals surface area (Å²) >= 11 is 0. The average Bonchev–Trinajstić information content (AvgIpc) is 3.68. The first-order valence-electron chi connectivity index (χ1n) is 11.8. The highest BCUT2D eigenvalue weighted by Crippen LogP contribution is 2.24. The van der Waals surface area contributed by atoms with Crippen LogP contribution in [-0.2, 0) is 6.54 Å². The summed E-state index contributed by atoms with van der Waals surface area (Å²) in [7, 11) is 0. The second kappa shape index (κ2) is 9.59. The average molecular weight is 480 g/mol. The van der Waals surface area contributed by atoms with Gasteiger partial charge in [-0.3, -0.25) is 14.8 Å². The van der Waals surface area contributed by atoms with E-state index in [-0.39, 0.29) is 11.9 Å². The van der Waals surface area contributed by atoms with Crippen LogP contribution >= 0.6 is 0 Å². The number of aromatic nitrogens is 6. The third kappa shape index (κ3) is 4.53. The molecule has 1 fully saturated rings. The smallest absolute Gasteiger partial charge is 0.251 e. The van der Waals surface area contributed by atoms with Gasteiger partial charge in [0.2, 0.25) is 0 Å². The number of benzene rings is 2. The van der Waals surface area contributed by atoms with Gasteiger partial charge in [-0.2, -0.15) is 10.2 Å². The molecule has 0 spiro atoms. The summed E-state index contributed by atoms with van der Waals surface area (Å²) in [5.41, 5.74) is 4.96. The number of H-pyrrole nitrogens is 1. The topological polar surface area (TPSA) is 116 Å². The minimum atomic E-state index is -0.0597. The molecule has 1 aliphatic heterocycles. The van der Waals surface area contributed by atoms with Crippen LogP contribution in [0.25, 0.3) is 16.9 Å². The number of hydrogen-bond donors (Lipinski definition) is 3. The zero-order valence-electron chi connectivity index (χ0n) is 19.5. The summed E-state index contributed by atoms with van der Waals surface area (Å²) in [6.45, 7) is 2.74. The molecule has 10 nitrogen and oxygen atoms in total. The van der Waals surface area contributed by atoms with Crippen molar-refractivity contribution in [3.8, 4) is 11.3 Å². The van der Waals surface area contributed by atoms with Gasteiger partial charge in [0.15, 0.2) is 11.5 Å². The molecular formula is C26H25N9O. The molecule has 4 heterocycles. The van der Waals surface area contributed by atoms with Crippen molar-refractivity contribution in [3.63, 3.8) is 0 Å². The highest BCUT2D eigenvalue weighted by atomic mass is 16.1. The molecule has 0 radical (unpaired) electrons. The van der Waals surface area contributed by atoms with Gasteiger partial charge in [-0.05, 0) is 36.2 Å². The molecule has 1 atom stereocenters. The number of aromatic amines is 1. The van der Waals surface area contributed by atoms with Gasteiger partial charge in [0.25, 0.3) is 5.91 Å². The van der Waals surface area contributed by atoms with Crippen LogP contribution in [0.1, 0.15) is 22.3 Å². The highest BCUT2D eigenvalue weighted by molar-refractivity contribution is 5.94. The van der Waals surface area contributed by atoms with Crippen LogP contribution in [0.15, 0.2) is 79.5 Å². The van der Waals surface area contributed by atoms with Crippen molar-refractivity contribution < 1.29 is 4.79 Å². The lowest BCUT2D eigenvalue weighted by Crippen LogP contribution is -2.36. The van der Waals surface area contributed by atoms with Gasteiger partial charge in [0.05, 0.1) is 18.1 Å². The van der Waals surface area contributed by atoms with Gasteiger partial charge in [-0.15, -0.1) is 0 Å². The van der Waals surface area contributed by atoms with Crippen LogP contribution in [0.5, 0.6) is 0 Å². The maximum Gasteiger partial charge on any atom is 0.251 e. The van der Waals surface area contributed by atoms with Crippen molar-refractivity contribution in [2.75, 3.05) is 18.4 Å². The summed E-state index contributed by atoms with van der Waals surface area (Å²) in [6.07, 6.45) is 7.65. The number of fused-ring (bicyclic) bond motifs is 1. The lowest BCUT2D eigenvalue weighted by atomic mass is 10.1. The number of amides is 1. The second-order valence-electron chi connectivity index (χ2n) is 8.86. The Morgan fingerprint density at radius 1 is 1.06 bits per heavy atom. The molecule has 36 heavy (non-hydrogen) atoms. The Morgan fingerprint density at radius 3 is 2.72 bits per heavy atom. The van der Waals surface area contributed by atoms with Crippen LogP contribution in [-0.4, -0.2) is 59.7 Å². The molecule has 3 aromatic heterocycles. The molecule has 1 unspecified atom stereocenters. The van der Waals surface area contributed by atoms with E-state index in [9.17, 15) is 4.79 Å². The predicted molar refractivity (Wildman–Crippen MR) is 136 cm³/mol. The molecule has 5 aromatic rings. The molecule has 10 heteroatoms. The number of rotatable bonds is 7. The first kappa shape index (κ1) is 21.9. The highest BCUT2D eigenvalue weighted by Gasteiger charge is 2.24. The fraction of sp³-hybridized carbons (Fsp3) is 0.192. The molecule has 180 valence electrons. The molecule has 3 N–H and O–H groups in total. The normalized spacial score (nSPS) is 15.8. The zero-order valence-corrected chi connectivity index (χ0v) is 19.5. The van der Waals surface area contributed by atoms with E-state index in [2.05, 4.69) is 65.1 Å². The lowest BCUT2D eigenvalue weighted by molar-refractivity contribution is 0.0937. The zero-order chi connectivity index (χ0) is 24.3. The van der Waals surface area contributed by atoms with Gasteiger partial charge < -0.3 is 10.6 Å². The minimum Gasteiger partial charge on any atom is -0.348 e. The second-order valence-corrected chi connectivity index (χ2v) is 8.86. The number of hydrogen-bond acceptors (Lipinski definition) is 7.